The van der Waals surface area contributed by atoms with Gasteiger partial charge in [0.05, 0.1) is 6.26 Å². The molecule has 2 aliphatic rings. The summed E-state index contributed by atoms with van der Waals surface area (Å²) in [7, 11) is 0. The Morgan fingerprint density at radius 2 is 2.11 bits per heavy atom. The topological polar surface area (TPSA) is 16.4 Å². The molecule has 90 valence electrons. The van der Waals surface area contributed by atoms with Gasteiger partial charge in [0, 0.05) is 23.4 Å². The third-order valence-corrected chi connectivity index (χ3v) is 5.52. The van der Waals surface area contributed by atoms with Crippen molar-refractivity contribution < 1.29 is 4.42 Å². The molecule has 1 unspecified atom stereocenters. The van der Waals surface area contributed by atoms with Crippen LogP contribution in [-0.2, 0) is 4.87 Å². The Labute approximate surface area is 115 Å². The molecule has 0 amide bonds. The molecular formula is C14H11NOS2. The molecule has 1 atom stereocenters. The van der Waals surface area contributed by atoms with Gasteiger partial charge in [-0.05, 0) is 12.1 Å². The average molecular weight is 273 g/mol. The van der Waals surface area contributed by atoms with Crippen LogP contribution in [0.5, 0.6) is 0 Å². The Morgan fingerprint density at radius 3 is 2.94 bits per heavy atom. The summed E-state index contributed by atoms with van der Waals surface area (Å²) in [5, 5.41) is 0. The lowest BCUT2D eigenvalue weighted by molar-refractivity contribution is 0.325. The van der Waals surface area contributed by atoms with E-state index in [0.29, 0.717) is 0 Å². The molecule has 1 aromatic heterocycles. The molecule has 1 aromatic carbocycles. The van der Waals surface area contributed by atoms with Crippen molar-refractivity contribution in [3.05, 3.63) is 59.5 Å². The summed E-state index contributed by atoms with van der Waals surface area (Å²) in [6.07, 6.45) is 1.74. The van der Waals surface area contributed by atoms with Crippen LogP contribution in [0.3, 0.4) is 0 Å². The van der Waals surface area contributed by atoms with E-state index in [1.807, 2.05) is 23.9 Å². The predicted octanol–water partition coefficient (Wildman–Crippen LogP) is 3.22. The van der Waals surface area contributed by atoms with Crippen LogP contribution in [0.25, 0.3) is 0 Å². The second kappa shape index (κ2) is 3.62. The first-order chi connectivity index (χ1) is 8.84. The Kier molecular flexibility index (Phi) is 2.14. The zero-order chi connectivity index (χ0) is 12.2. The summed E-state index contributed by atoms with van der Waals surface area (Å²) in [5.74, 6) is 2.06. The Morgan fingerprint density at radius 1 is 1.22 bits per heavy atom. The van der Waals surface area contributed by atoms with Crippen LogP contribution in [0.15, 0.2) is 47.1 Å². The predicted molar refractivity (Wildman–Crippen MR) is 76.8 cm³/mol. The van der Waals surface area contributed by atoms with Crippen molar-refractivity contribution in [3.63, 3.8) is 0 Å². The van der Waals surface area contributed by atoms with E-state index >= 15 is 0 Å². The number of hydrogen-bond donors (Lipinski definition) is 0. The number of fused-ring (bicyclic) bond motifs is 3. The van der Waals surface area contributed by atoms with Crippen molar-refractivity contribution in [2.24, 2.45) is 0 Å². The number of furan rings is 1. The van der Waals surface area contributed by atoms with Gasteiger partial charge in [-0.3, -0.25) is 0 Å². The molecule has 0 spiro atoms. The lowest BCUT2D eigenvalue weighted by atomic mass is 10.0. The van der Waals surface area contributed by atoms with E-state index in [1.54, 1.807) is 6.26 Å². The highest BCUT2D eigenvalue weighted by molar-refractivity contribution is 8.00. The zero-order valence-electron chi connectivity index (χ0n) is 9.63. The quantitative estimate of drug-likeness (QED) is 0.741. The molecule has 2 aliphatic heterocycles. The highest BCUT2D eigenvalue weighted by Gasteiger charge is 2.54. The number of rotatable bonds is 1. The minimum Gasteiger partial charge on any atom is -0.466 e. The summed E-state index contributed by atoms with van der Waals surface area (Å²) in [6.45, 7) is 0.985. The normalized spacial score (nSPS) is 25.3. The maximum Gasteiger partial charge on any atom is 0.172 e. The number of thioether (sulfide) groups is 1. The standard InChI is InChI=1S/C14H11NOS2/c17-13-10-4-1-2-5-11(10)14(12-6-3-8-16-12)15(13)7-9-18-14/h1-6,8H,7,9H2. The van der Waals surface area contributed by atoms with Gasteiger partial charge < -0.3 is 9.32 Å². The fraction of sp³-hybridized carbons (Fsp3) is 0.214. The van der Waals surface area contributed by atoms with Gasteiger partial charge in [-0.15, -0.1) is 11.8 Å². The molecule has 0 bridgehead atoms. The molecule has 3 heterocycles. The fourth-order valence-electron chi connectivity index (χ4n) is 2.91. The van der Waals surface area contributed by atoms with Crippen LogP contribution in [0.4, 0.5) is 0 Å². The first-order valence-corrected chi connectivity index (χ1v) is 7.33. The zero-order valence-corrected chi connectivity index (χ0v) is 11.3. The summed E-state index contributed by atoms with van der Waals surface area (Å²) in [6, 6.07) is 12.4. The Bertz CT molecular complexity index is 622. The molecule has 0 aliphatic carbocycles. The number of benzene rings is 1. The van der Waals surface area contributed by atoms with Crippen LogP contribution >= 0.6 is 24.0 Å². The molecule has 2 aromatic rings. The van der Waals surface area contributed by atoms with E-state index in [1.165, 1.54) is 11.1 Å². The van der Waals surface area contributed by atoms with Gasteiger partial charge in [-0.1, -0.05) is 36.5 Å². The second-order valence-electron chi connectivity index (χ2n) is 4.47. The summed E-state index contributed by atoms with van der Waals surface area (Å²) < 4.78 is 5.71. The maximum atomic E-state index is 5.71. The highest BCUT2D eigenvalue weighted by Crippen LogP contribution is 2.55. The molecule has 4 heteroatoms. The van der Waals surface area contributed by atoms with Gasteiger partial charge in [0.2, 0.25) is 0 Å². The van der Waals surface area contributed by atoms with Crippen molar-refractivity contribution in [3.8, 4) is 0 Å². The van der Waals surface area contributed by atoms with Crippen LogP contribution in [0.2, 0.25) is 0 Å². The first-order valence-electron chi connectivity index (χ1n) is 5.93. The van der Waals surface area contributed by atoms with E-state index in [4.69, 9.17) is 16.6 Å². The van der Waals surface area contributed by atoms with Gasteiger partial charge in [-0.2, -0.15) is 0 Å². The SMILES string of the molecule is S=C1c2ccccc2C2(c3ccco3)SCCN12. The number of nitrogens with zero attached hydrogens (tertiary/aromatic N) is 1. The van der Waals surface area contributed by atoms with Gasteiger partial charge in [0.1, 0.15) is 10.7 Å². The highest BCUT2D eigenvalue weighted by atomic mass is 32.2. The van der Waals surface area contributed by atoms with Crippen molar-refractivity contribution in [1.29, 1.82) is 0 Å². The molecule has 0 radical (unpaired) electrons. The molecule has 1 saturated heterocycles. The third kappa shape index (κ3) is 1.12. The lowest BCUT2D eigenvalue weighted by Gasteiger charge is -2.30. The summed E-state index contributed by atoms with van der Waals surface area (Å²) in [5.41, 5.74) is 2.45. The molecule has 0 N–H and O–H groups in total. The number of thiocarbonyl (C=S) groups is 1. The molecular weight excluding hydrogens is 262 g/mol. The van der Waals surface area contributed by atoms with Gasteiger partial charge in [0.25, 0.3) is 0 Å². The molecule has 1 fully saturated rings. The van der Waals surface area contributed by atoms with Crippen LogP contribution < -0.4 is 0 Å². The lowest BCUT2D eigenvalue weighted by Crippen LogP contribution is -2.36. The maximum absolute atomic E-state index is 5.71. The summed E-state index contributed by atoms with van der Waals surface area (Å²) in [4.78, 5) is 3.03. The summed E-state index contributed by atoms with van der Waals surface area (Å²) >= 11 is 7.54. The smallest absolute Gasteiger partial charge is 0.172 e. The van der Waals surface area contributed by atoms with E-state index in [0.717, 1.165) is 23.0 Å². The first kappa shape index (κ1) is 10.6. The Balaban J connectivity index is 2.03. The van der Waals surface area contributed by atoms with E-state index in [-0.39, 0.29) is 4.87 Å². The van der Waals surface area contributed by atoms with E-state index in [2.05, 4.69) is 29.2 Å². The molecule has 4 rings (SSSR count). The van der Waals surface area contributed by atoms with Gasteiger partial charge in [-0.25, -0.2) is 0 Å². The van der Waals surface area contributed by atoms with Crippen molar-refractivity contribution in [2.45, 2.75) is 4.87 Å². The third-order valence-electron chi connectivity index (χ3n) is 3.63. The van der Waals surface area contributed by atoms with Gasteiger partial charge >= 0.3 is 0 Å². The number of hydrogen-bond acceptors (Lipinski definition) is 3. The van der Waals surface area contributed by atoms with Crippen molar-refractivity contribution in [1.82, 2.24) is 4.90 Å². The van der Waals surface area contributed by atoms with Crippen molar-refractivity contribution in [2.75, 3.05) is 12.3 Å². The van der Waals surface area contributed by atoms with E-state index < -0.39 is 0 Å². The van der Waals surface area contributed by atoms with Gasteiger partial charge in [0.15, 0.2) is 4.87 Å². The minimum atomic E-state index is -0.225. The largest absolute Gasteiger partial charge is 0.466 e. The molecule has 18 heavy (non-hydrogen) atoms. The Hall–Kier alpha value is -1.26. The van der Waals surface area contributed by atoms with E-state index in [9.17, 15) is 0 Å². The van der Waals surface area contributed by atoms with Crippen LogP contribution in [-0.4, -0.2) is 22.2 Å². The minimum absolute atomic E-state index is 0.225. The average Bonchev–Trinajstić information content (AvgIpc) is 3.09. The fourth-order valence-corrected chi connectivity index (χ4v) is 4.87. The monoisotopic (exact) mass is 273 g/mol. The second-order valence-corrected chi connectivity index (χ2v) is 6.15. The molecule has 2 nitrogen and oxygen atoms in total. The molecule has 0 saturated carbocycles. The van der Waals surface area contributed by atoms with Crippen LogP contribution in [0.1, 0.15) is 16.9 Å². The van der Waals surface area contributed by atoms with Crippen LogP contribution in [0, 0.1) is 0 Å². The van der Waals surface area contributed by atoms with Crippen molar-refractivity contribution >= 4 is 29.0 Å².